The number of ketones is 1. The number of alkyl halides is 3. The van der Waals surface area contributed by atoms with Crippen molar-refractivity contribution in [3.63, 3.8) is 0 Å². The first-order chi connectivity index (χ1) is 19.6. The molecule has 3 saturated carbocycles. The van der Waals surface area contributed by atoms with E-state index in [-0.39, 0.29) is 47.9 Å². The lowest BCUT2D eigenvalue weighted by atomic mass is 9.74. The van der Waals surface area contributed by atoms with Gasteiger partial charge in [0.1, 0.15) is 5.75 Å². The van der Waals surface area contributed by atoms with Gasteiger partial charge in [0.15, 0.2) is 11.5 Å². The van der Waals surface area contributed by atoms with Crippen LogP contribution in [0.15, 0.2) is 24.4 Å². The molecule has 1 aromatic carbocycles. The van der Waals surface area contributed by atoms with Crippen molar-refractivity contribution >= 4 is 29.3 Å². The number of carbonyl (C=O) groups excluding carboxylic acids is 2. The molecule has 228 valence electrons. The van der Waals surface area contributed by atoms with Crippen molar-refractivity contribution in [3.8, 4) is 5.75 Å². The minimum Gasteiger partial charge on any atom is -0.496 e. The Hall–Kier alpha value is -3.08. The Balaban J connectivity index is 1.55. The van der Waals surface area contributed by atoms with Crippen molar-refractivity contribution in [3.05, 3.63) is 46.2 Å². The molecule has 2 atom stereocenters. The molecular weight excluding hydrogens is 575 g/mol. The van der Waals surface area contributed by atoms with Crippen molar-refractivity contribution in [2.24, 2.45) is 16.7 Å². The summed E-state index contributed by atoms with van der Waals surface area (Å²) in [6, 6.07) is 3.99. The van der Waals surface area contributed by atoms with Gasteiger partial charge in [-0.2, -0.15) is 18.3 Å². The number of aliphatic carboxylic acids is 1. The van der Waals surface area contributed by atoms with Gasteiger partial charge in [-0.3, -0.25) is 19.1 Å². The van der Waals surface area contributed by atoms with Gasteiger partial charge >= 0.3 is 12.1 Å². The van der Waals surface area contributed by atoms with E-state index in [0.717, 1.165) is 23.7 Å². The van der Waals surface area contributed by atoms with Crippen molar-refractivity contribution in [1.82, 2.24) is 14.7 Å². The van der Waals surface area contributed by atoms with E-state index in [2.05, 4.69) is 5.10 Å². The van der Waals surface area contributed by atoms with Gasteiger partial charge < -0.3 is 14.7 Å². The highest BCUT2D eigenvalue weighted by atomic mass is 35.5. The highest BCUT2D eigenvalue weighted by Gasteiger charge is 2.76. The average molecular weight is 610 g/mol. The number of rotatable bonds is 8. The molecule has 8 nitrogen and oxygen atoms in total. The number of amides is 1. The second-order valence-electron chi connectivity index (χ2n) is 12.7. The van der Waals surface area contributed by atoms with Gasteiger partial charge in [0.2, 0.25) is 0 Å². The van der Waals surface area contributed by atoms with Crippen LogP contribution in [0.1, 0.15) is 98.2 Å². The first-order valence-electron chi connectivity index (χ1n) is 14.2. The van der Waals surface area contributed by atoms with E-state index in [9.17, 15) is 32.7 Å². The van der Waals surface area contributed by atoms with E-state index in [1.807, 2.05) is 13.8 Å². The number of hydrogen-bond donors (Lipinski definition) is 1. The number of hydrogen-bond acceptors (Lipinski definition) is 5. The lowest BCUT2D eigenvalue weighted by Gasteiger charge is -2.35. The standard InChI is InChI=1S/C30H35ClF3N3O5/c1-27(2)22-9-6-12-29(22,27)36(16-20(38)23-19(31)7-5-8-21(23)42-4)25(39)18-15-35-37(24(18)30(32,33)34)17-10-13-28(3,14-11-17)26(40)41/h5,7-8,15,17,22H,6,9-14,16H2,1-4H3,(H,40,41). The van der Waals surface area contributed by atoms with Crippen LogP contribution in [-0.2, 0) is 11.0 Å². The third-order valence-electron chi connectivity index (χ3n) is 10.2. The number of aromatic nitrogens is 2. The van der Waals surface area contributed by atoms with Gasteiger partial charge in [-0.1, -0.05) is 37.9 Å². The van der Waals surface area contributed by atoms with E-state index in [4.69, 9.17) is 16.3 Å². The SMILES string of the molecule is COc1cccc(Cl)c1C(=O)CN(C(=O)c1cnn(C2CCC(C)(C(=O)O)CC2)c1C(F)(F)F)C12CCCC1C2(C)C. The maximum absolute atomic E-state index is 14.7. The zero-order chi connectivity index (χ0) is 30.8. The van der Waals surface area contributed by atoms with Gasteiger partial charge in [0, 0.05) is 0 Å². The van der Waals surface area contributed by atoms with Gasteiger partial charge in [0.05, 0.1) is 53.0 Å². The average Bonchev–Trinajstić information content (AvgIpc) is 3.37. The van der Waals surface area contributed by atoms with E-state index in [1.165, 1.54) is 18.1 Å². The van der Waals surface area contributed by atoms with E-state index in [1.54, 1.807) is 19.1 Å². The summed E-state index contributed by atoms with van der Waals surface area (Å²) < 4.78 is 50.2. The summed E-state index contributed by atoms with van der Waals surface area (Å²) in [5.41, 5.74) is -3.92. The Bertz CT molecular complexity index is 1430. The molecule has 3 fully saturated rings. The summed E-state index contributed by atoms with van der Waals surface area (Å²) in [6.07, 6.45) is -1.09. The summed E-state index contributed by atoms with van der Waals surface area (Å²) in [5.74, 6) is -2.18. The molecule has 0 aliphatic heterocycles. The fraction of sp³-hybridized carbons (Fsp3) is 0.600. The fourth-order valence-electron chi connectivity index (χ4n) is 7.77. The van der Waals surface area contributed by atoms with Crippen LogP contribution in [-0.4, -0.2) is 56.6 Å². The molecule has 12 heteroatoms. The lowest BCUT2D eigenvalue weighted by molar-refractivity contribution is -0.152. The summed E-state index contributed by atoms with van der Waals surface area (Å²) >= 11 is 6.35. The van der Waals surface area contributed by atoms with Crippen LogP contribution in [0.25, 0.3) is 0 Å². The Morgan fingerprint density at radius 3 is 2.36 bits per heavy atom. The van der Waals surface area contributed by atoms with Crippen LogP contribution in [0.4, 0.5) is 13.2 Å². The molecule has 42 heavy (non-hydrogen) atoms. The predicted molar refractivity (Wildman–Crippen MR) is 148 cm³/mol. The molecular formula is C30H35ClF3N3O5. The molecule has 1 N–H and O–H groups in total. The lowest BCUT2D eigenvalue weighted by Crippen LogP contribution is -2.48. The highest BCUT2D eigenvalue weighted by Crippen LogP contribution is 2.73. The first kappa shape index (κ1) is 30.4. The minimum atomic E-state index is -4.91. The molecule has 1 heterocycles. The highest BCUT2D eigenvalue weighted by molar-refractivity contribution is 6.34. The molecule has 0 saturated heterocycles. The summed E-state index contributed by atoms with van der Waals surface area (Å²) in [6.45, 7) is 5.08. The van der Waals surface area contributed by atoms with E-state index in [0.29, 0.717) is 6.42 Å². The number of halogens is 4. The Labute approximate surface area is 247 Å². The predicted octanol–water partition coefficient (Wildman–Crippen LogP) is 6.67. The third-order valence-corrected chi connectivity index (χ3v) is 10.6. The summed E-state index contributed by atoms with van der Waals surface area (Å²) in [7, 11) is 1.38. The Morgan fingerprint density at radius 2 is 1.81 bits per heavy atom. The number of ether oxygens (including phenoxy) is 1. The van der Waals surface area contributed by atoms with Crippen LogP contribution >= 0.6 is 11.6 Å². The number of methoxy groups -OCH3 is 1. The van der Waals surface area contributed by atoms with Crippen LogP contribution in [0, 0.1) is 16.7 Å². The topological polar surface area (TPSA) is 102 Å². The zero-order valence-electron chi connectivity index (χ0n) is 24.1. The zero-order valence-corrected chi connectivity index (χ0v) is 24.8. The van der Waals surface area contributed by atoms with Crippen molar-refractivity contribution < 1.29 is 37.4 Å². The second-order valence-corrected chi connectivity index (χ2v) is 13.1. The summed E-state index contributed by atoms with van der Waals surface area (Å²) in [4.78, 5) is 41.0. The number of carboxylic acids is 1. The minimum absolute atomic E-state index is 0.0336. The molecule has 1 aromatic heterocycles. The smallest absolute Gasteiger partial charge is 0.433 e. The molecule has 0 radical (unpaired) electrons. The molecule has 0 spiro atoms. The quantitative estimate of drug-likeness (QED) is 0.335. The van der Waals surface area contributed by atoms with Crippen molar-refractivity contribution in [2.75, 3.05) is 13.7 Å². The third kappa shape index (κ3) is 4.59. The van der Waals surface area contributed by atoms with E-state index >= 15 is 0 Å². The molecule has 3 aliphatic rings. The number of nitrogens with zero attached hydrogens (tertiary/aromatic N) is 3. The number of carboxylic acid groups (broad SMARTS) is 1. The molecule has 1 amide bonds. The largest absolute Gasteiger partial charge is 0.496 e. The number of benzene rings is 1. The fourth-order valence-corrected chi connectivity index (χ4v) is 8.04. The number of fused-ring (bicyclic) bond motifs is 1. The molecule has 5 rings (SSSR count). The summed E-state index contributed by atoms with van der Waals surface area (Å²) in [5, 5.41) is 13.7. The van der Waals surface area contributed by atoms with Crippen LogP contribution < -0.4 is 4.74 Å². The van der Waals surface area contributed by atoms with Gasteiger partial charge in [0.25, 0.3) is 5.91 Å². The van der Waals surface area contributed by atoms with Gasteiger partial charge in [-0.05, 0) is 68.9 Å². The second kappa shape index (κ2) is 10.3. The maximum atomic E-state index is 14.7. The van der Waals surface area contributed by atoms with Crippen LogP contribution in [0.2, 0.25) is 5.02 Å². The molecule has 2 aromatic rings. The number of carbonyl (C=O) groups is 3. The van der Waals surface area contributed by atoms with Crippen molar-refractivity contribution in [2.45, 2.75) is 83.5 Å². The van der Waals surface area contributed by atoms with Crippen LogP contribution in [0.3, 0.4) is 0 Å². The van der Waals surface area contributed by atoms with Gasteiger partial charge in [-0.25, -0.2) is 0 Å². The normalized spacial score (nSPS) is 28.2. The van der Waals surface area contributed by atoms with E-state index < -0.39 is 64.0 Å². The first-order valence-corrected chi connectivity index (χ1v) is 14.5. The maximum Gasteiger partial charge on any atom is 0.433 e. The Kier molecular flexibility index (Phi) is 7.43. The number of Topliss-reactive ketones (excluding diaryl/α,β-unsaturated/α-hetero) is 1. The molecule has 0 bridgehead atoms. The monoisotopic (exact) mass is 609 g/mol. The molecule has 2 unspecified atom stereocenters. The van der Waals surface area contributed by atoms with Gasteiger partial charge in [-0.15, -0.1) is 0 Å². The van der Waals surface area contributed by atoms with Crippen LogP contribution in [0.5, 0.6) is 5.75 Å². The molecule has 3 aliphatic carbocycles. The van der Waals surface area contributed by atoms with Crippen molar-refractivity contribution in [1.29, 1.82) is 0 Å². The Morgan fingerprint density at radius 1 is 1.14 bits per heavy atom.